The number of nitrogens with one attached hydrogen (secondary N) is 1. The average molecular weight is 257 g/mol. The minimum atomic E-state index is 0.0262. The van der Waals surface area contributed by atoms with Gasteiger partial charge < -0.3 is 14.8 Å². The number of methoxy groups -OCH3 is 2. The topological polar surface area (TPSA) is 56.3 Å². The molecule has 2 rings (SSSR count). The van der Waals surface area contributed by atoms with Crippen LogP contribution in [-0.4, -0.2) is 42.3 Å². The zero-order valence-electron chi connectivity index (χ0n) is 10.4. The Bertz CT molecular complexity index is 347. The molecule has 0 spiro atoms. The van der Waals surface area contributed by atoms with E-state index in [0.29, 0.717) is 6.61 Å². The van der Waals surface area contributed by atoms with Gasteiger partial charge in [0, 0.05) is 38.7 Å². The molecule has 17 heavy (non-hydrogen) atoms. The Labute approximate surface area is 106 Å². The van der Waals surface area contributed by atoms with E-state index in [0.717, 1.165) is 36.8 Å². The molecular formula is C11H19N3O2S. The smallest absolute Gasteiger partial charge is 0.202 e. The number of rotatable bonds is 7. The maximum absolute atomic E-state index is 5.54. The van der Waals surface area contributed by atoms with Crippen molar-refractivity contribution in [2.75, 3.05) is 32.7 Å². The van der Waals surface area contributed by atoms with Crippen molar-refractivity contribution in [2.24, 2.45) is 0 Å². The second-order valence-corrected chi connectivity index (χ2v) is 5.10. The highest BCUT2D eigenvalue weighted by atomic mass is 32.1. The SMILES string of the molecule is COCCc1nsc(NCC2(OC)CCC2)n1. The molecule has 1 saturated carbocycles. The van der Waals surface area contributed by atoms with Crippen LogP contribution in [0.3, 0.4) is 0 Å². The van der Waals surface area contributed by atoms with Crippen LogP contribution in [0.5, 0.6) is 0 Å². The minimum Gasteiger partial charge on any atom is -0.384 e. The molecule has 0 atom stereocenters. The van der Waals surface area contributed by atoms with E-state index in [2.05, 4.69) is 14.7 Å². The van der Waals surface area contributed by atoms with Gasteiger partial charge >= 0.3 is 0 Å². The fourth-order valence-electron chi connectivity index (χ4n) is 1.88. The number of hydrogen-bond donors (Lipinski definition) is 1. The van der Waals surface area contributed by atoms with Crippen molar-refractivity contribution >= 4 is 16.7 Å². The summed E-state index contributed by atoms with van der Waals surface area (Å²) in [6.07, 6.45) is 4.28. The van der Waals surface area contributed by atoms with Gasteiger partial charge in [-0.15, -0.1) is 0 Å². The van der Waals surface area contributed by atoms with E-state index in [1.54, 1.807) is 14.2 Å². The third-order valence-electron chi connectivity index (χ3n) is 3.26. The molecule has 1 fully saturated rings. The van der Waals surface area contributed by atoms with Crippen molar-refractivity contribution < 1.29 is 9.47 Å². The van der Waals surface area contributed by atoms with Crippen LogP contribution < -0.4 is 5.32 Å². The lowest BCUT2D eigenvalue weighted by atomic mass is 9.80. The fourth-order valence-corrected chi connectivity index (χ4v) is 2.49. The molecule has 5 nitrogen and oxygen atoms in total. The van der Waals surface area contributed by atoms with E-state index in [9.17, 15) is 0 Å². The molecule has 0 radical (unpaired) electrons. The van der Waals surface area contributed by atoms with Crippen molar-refractivity contribution in [1.82, 2.24) is 9.36 Å². The van der Waals surface area contributed by atoms with Crippen LogP contribution in [0.1, 0.15) is 25.1 Å². The molecule has 96 valence electrons. The highest BCUT2D eigenvalue weighted by Gasteiger charge is 2.36. The maximum Gasteiger partial charge on any atom is 0.202 e. The molecule has 1 aliphatic rings. The van der Waals surface area contributed by atoms with Crippen LogP contribution in [-0.2, 0) is 15.9 Å². The van der Waals surface area contributed by atoms with Gasteiger partial charge in [-0.2, -0.15) is 4.37 Å². The van der Waals surface area contributed by atoms with E-state index in [4.69, 9.17) is 9.47 Å². The first kappa shape index (κ1) is 12.7. The van der Waals surface area contributed by atoms with Gasteiger partial charge in [0.1, 0.15) is 5.82 Å². The van der Waals surface area contributed by atoms with Crippen LogP contribution in [0, 0.1) is 0 Å². The Morgan fingerprint density at radius 2 is 2.24 bits per heavy atom. The first-order valence-electron chi connectivity index (χ1n) is 5.88. The van der Waals surface area contributed by atoms with Gasteiger partial charge in [0.2, 0.25) is 5.13 Å². The van der Waals surface area contributed by atoms with Gasteiger partial charge in [-0.1, -0.05) is 0 Å². The van der Waals surface area contributed by atoms with E-state index >= 15 is 0 Å². The third kappa shape index (κ3) is 3.14. The summed E-state index contributed by atoms with van der Waals surface area (Å²) in [5.74, 6) is 0.847. The molecule has 0 saturated heterocycles. The van der Waals surface area contributed by atoms with Crippen LogP contribution in [0.25, 0.3) is 0 Å². The number of aromatic nitrogens is 2. The molecule has 1 heterocycles. The van der Waals surface area contributed by atoms with Gasteiger partial charge in [-0.3, -0.25) is 0 Å². The Hall–Kier alpha value is -0.720. The summed E-state index contributed by atoms with van der Waals surface area (Å²) in [6.45, 7) is 1.49. The van der Waals surface area contributed by atoms with Gasteiger partial charge in [0.15, 0.2) is 0 Å². The first-order valence-corrected chi connectivity index (χ1v) is 6.66. The summed E-state index contributed by atoms with van der Waals surface area (Å²) in [4.78, 5) is 4.40. The highest BCUT2D eigenvalue weighted by molar-refractivity contribution is 7.09. The standard InChI is InChI=1S/C11H19N3O2S/c1-15-7-4-9-13-10(17-14-9)12-8-11(16-2)5-3-6-11/h3-8H2,1-2H3,(H,12,13,14). The normalized spacial score (nSPS) is 17.8. The number of ether oxygens (including phenoxy) is 2. The van der Waals surface area contributed by atoms with Crippen LogP contribution in [0.4, 0.5) is 5.13 Å². The zero-order valence-corrected chi connectivity index (χ0v) is 11.2. The summed E-state index contributed by atoms with van der Waals surface area (Å²) in [5, 5.41) is 4.19. The number of nitrogens with zero attached hydrogens (tertiary/aromatic N) is 2. The summed E-state index contributed by atoms with van der Waals surface area (Å²) in [5.41, 5.74) is 0.0262. The third-order valence-corrected chi connectivity index (χ3v) is 3.97. The van der Waals surface area contributed by atoms with Crippen molar-refractivity contribution in [3.8, 4) is 0 Å². The monoisotopic (exact) mass is 257 g/mol. The molecule has 0 aliphatic heterocycles. The summed E-state index contributed by atoms with van der Waals surface area (Å²) >= 11 is 1.40. The fraction of sp³-hybridized carbons (Fsp3) is 0.818. The molecule has 1 N–H and O–H groups in total. The molecule has 0 bridgehead atoms. The molecule has 0 unspecified atom stereocenters. The lowest BCUT2D eigenvalue weighted by Crippen LogP contribution is -2.45. The predicted molar refractivity (Wildman–Crippen MR) is 67.6 cm³/mol. The van der Waals surface area contributed by atoms with Gasteiger partial charge in [0.25, 0.3) is 0 Å². The van der Waals surface area contributed by atoms with E-state index in [1.165, 1.54) is 18.0 Å². The van der Waals surface area contributed by atoms with Crippen molar-refractivity contribution in [2.45, 2.75) is 31.3 Å². The number of hydrogen-bond acceptors (Lipinski definition) is 6. The van der Waals surface area contributed by atoms with E-state index in [-0.39, 0.29) is 5.60 Å². The second kappa shape index (κ2) is 5.75. The molecule has 0 amide bonds. The molecule has 6 heteroatoms. The zero-order chi connectivity index (χ0) is 12.1. The Balaban J connectivity index is 1.80. The highest BCUT2D eigenvalue weighted by Crippen LogP contribution is 2.35. The summed E-state index contributed by atoms with van der Waals surface area (Å²) < 4.78 is 14.8. The second-order valence-electron chi connectivity index (χ2n) is 4.35. The minimum absolute atomic E-state index is 0.0262. The van der Waals surface area contributed by atoms with Crippen molar-refractivity contribution in [3.05, 3.63) is 5.82 Å². The molecule has 1 aromatic heterocycles. The largest absolute Gasteiger partial charge is 0.384 e. The lowest BCUT2D eigenvalue weighted by molar-refractivity contribution is -0.0601. The average Bonchev–Trinajstić information content (AvgIpc) is 2.74. The predicted octanol–water partition coefficient (Wildman–Crippen LogP) is 1.71. The van der Waals surface area contributed by atoms with Crippen LogP contribution in [0.2, 0.25) is 0 Å². The maximum atomic E-state index is 5.54. The lowest BCUT2D eigenvalue weighted by Gasteiger charge is -2.40. The summed E-state index contributed by atoms with van der Waals surface area (Å²) in [7, 11) is 3.47. The van der Waals surface area contributed by atoms with Crippen molar-refractivity contribution in [3.63, 3.8) is 0 Å². The summed E-state index contributed by atoms with van der Waals surface area (Å²) in [6, 6.07) is 0. The Kier molecular flexibility index (Phi) is 4.31. The van der Waals surface area contributed by atoms with Crippen molar-refractivity contribution in [1.29, 1.82) is 0 Å². The molecule has 0 aromatic carbocycles. The van der Waals surface area contributed by atoms with Gasteiger partial charge in [-0.05, 0) is 19.3 Å². The molecule has 1 aliphatic carbocycles. The first-order chi connectivity index (χ1) is 8.28. The van der Waals surface area contributed by atoms with Gasteiger partial charge in [0.05, 0.1) is 12.2 Å². The Morgan fingerprint density at radius 3 is 2.82 bits per heavy atom. The quantitative estimate of drug-likeness (QED) is 0.806. The van der Waals surface area contributed by atoms with E-state index < -0.39 is 0 Å². The van der Waals surface area contributed by atoms with E-state index in [1.807, 2.05) is 0 Å². The molecular weight excluding hydrogens is 238 g/mol. The van der Waals surface area contributed by atoms with Gasteiger partial charge in [-0.25, -0.2) is 4.98 Å². The van der Waals surface area contributed by atoms with Crippen LogP contribution >= 0.6 is 11.5 Å². The van der Waals surface area contributed by atoms with Crippen LogP contribution in [0.15, 0.2) is 0 Å². The molecule has 1 aromatic rings. The Morgan fingerprint density at radius 1 is 1.41 bits per heavy atom. The number of anilines is 1.